The molecule has 18 heavy (non-hydrogen) atoms. The Bertz CT molecular complexity index is 506. The largest absolute Gasteiger partial charge is 0.276 e. The number of allylic oxidation sites excluding steroid dienone is 2. The third kappa shape index (κ3) is 3.86. The van der Waals surface area contributed by atoms with E-state index < -0.39 is 0 Å². The summed E-state index contributed by atoms with van der Waals surface area (Å²) in [4.78, 5) is 11.0. The van der Waals surface area contributed by atoms with Gasteiger partial charge < -0.3 is 0 Å². The van der Waals surface area contributed by atoms with Gasteiger partial charge in [0, 0.05) is 5.03 Å². The van der Waals surface area contributed by atoms with Gasteiger partial charge in [-0.2, -0.15) is 5.10 Å². The maximum Gasteiger partial charge on any atom is 0.234 e. The highest BCUT2D eigenvalue weighted by Gasteiger charge is 2.04. The van der Waals surface area contributed by atoms with Gasteiger partial charge >= 0.3 is 0 Å². The molecule has 0 saturated heterocycles. The first-order chi connectivity index (χ1) is 8.45. The summed E-state index contributed by atoms with van der Waals surface area (Å²) in [5.41, 5.74) is 2.92. The van der Waals surface area contributed by atoms with Crippen molar-refractivity contribution in [2.45, 2.75) is 20.8 Å². The van der Waals surface area contributed by atoms with E-state index in [1.165, 1.54) is 11.2 Å². The molecule has 0 aliphatic carbocycles. The molecular weight excluding hydrogens is 271 g/mol. The van der Waals surface area contributed by atoms with E-state index in [4.69, 9.17) is 23.2 Å². The molecule has 1 amide bonds. The normalized spacial score (nSPS) is 12.5. The van der Waals surface area contributed by atoms with Crippen LogP contribution in [-0.4, -0.2) is 12.6 Å². The molecule has 3 nitrogen and oxygen atoms in total. The van der Waals surface area contributed by atoms with Gasteiger partial charge in [-0.05, 0) is 44.0 Å². The van der Waals surface area contributed by atoms with Crippen molar-refractivity contribution in [1.82, 2.24) is 0 Å². The van der Waals surface area contributed by atoms with Crippen LogP contribution in [0.3, 0.4) is 0 Å². The second kappa shape index (κ2) is 6.57. The number of rotatable bonds is 4. The summed E-state index contributed by atoms with van der Waals surface area (Å²) in [6, 6.07) is 5.63. The highest BCUT2D eigenvalue weighted by Crippen LogP contribution is 2.18. The third-order valence-electron chi connectivity index (χ3n) is 2.48. The van der Waals surface area contributed by atoms with E-state index in [-0.39, 0.29) is 0 Å². The van der Waals surface area contributed by atoms with Crippen LogP contribution in [0.25, 0.3) is 0 Å². The first kappa shape index (κ1) is 14.7. The van der Waals surface area contributed by atoms with Crippen LogP contribution in [0.2, 0.25) is 0 Å². The fourth-order valence-corrected chi connectivity index (χ4v) is 1.32. The molecule has 0 aliphatic heterocycles. The Hall–Kier alpha value is -1.32. The van der Waals surface area contributed by atoms with E-state index in [1.54, 1.807) is 6.92 Å². The molecule has 5 heteroatoms. The standard InChI is InChI=1S/C13H14Cl2N2O/c1-9-4-5-12(6-10(9)2)17(8-18)16-7-13(15)11(3)14/h4-8H,1-3H3/b13-11-,16-7-. The summed E-state index contributed by atoms with van der Waals surface area (Å²) in [6.07, 6.45) is 1.96. The van der Waals surface area contributed by atoms with Gasteiger partial charge in [-0.3, -0.25) is 4.79 Å². The van der Waals surface area contributed by atoms with Crippen LogP contribution in [0.15, 0.2) is 33.4 Å². The molecule has 0 bridgehead atoms. The summed E-state index contributed by atoms with van der Waals surface area (Å²) in [7, 11) is 0. The Balaban J connectivity index is 3.00. The number of hydrogen-bond donors (Lipinski definition) is 0. The van der Waals surface area contributed by atoms with Gasteiger partial charge in [0.1, 0.15) is 0 Å². The number of carbonyl (C=O) groups excluding carboxylic acids is 1. The van der Waals surface area contributed by atoms with Gasteiger partial charge in [-0.15, -0.1) is 0 Å². The van der Waals surface area contributed by atoms with Crippen molar-refractivity contribution in [2.24, 2.45) is 5.10 Å². The van der Waals surface area contributed by atoms with Crippen molar-refractivity contribution in [3.63, 3.8) is 0 Å². The number of nitrogens with zero attached hydrogens (tertiary/aromatic N) is 2. The van der Waals surface area contributed by atoms with E-state index in [9.17, 15) is 4.79 Å². The minimum absolute atomic E-state index is 0.298. The van der Waals surface area contributed by atoms with Crippen molar-refractivity contribution in [1.29, 1.82) is 0 Å². The molecule has 0 heterocycles. The topological polar surface area (TPSA) is 32.7 Å². The van der Waals surface area contributed by atoms with Gasteiger partial charge in [-0.25, -0.2) is 5.01 Å². The number of anilines is 1. The van der Waals surface area contributed by atoms with E-state index in [0.717, 1.165) is 11.1 Å². The van der Waals surface area contributed by atoms with Gasteiger partial charge in [0.2, 0.25) is 6.41 Å². The Morgan fingerprint density at radius 1 is 1.28 bits per heavy atom. The Kier molecular flexibility index (Phi) is 5.38. The van der Waals surface area contributed by atoms with Crippen LogP contribution in [-0.2, 0) is 4.79 Å². The molecule has 1 rings (SSSR count). The second-order valence-electron chi connectivity index (χ2n) is 3.84. The monoisotopic (exact) mass is 284 g/mol. The molecular formula is C13H14Cl2N2O. The molecule has 96 valence electrons. The third-order valence-corrected chi connectivity index (χ3v) is 3.16. The van der Waals surface area contributed by atoms with Gasteiger partial charge in [0.25, 0.3) is 0 Å². The summed E-state index contributed by atoms with van der Waals surface area (Å²) >= 11 is 11.5. The quantitative estimate of drug-likeness (QED) is 0.468. The average Bonchev–Trinajstić information content (AvgIpc) is 2.33. The lowest BCUT2D eigenvalue weighted by atomic mass is 10.1. The molecule has 0 radical (unpaired) electrons. The molecule has 0 fully saturated rings. The summed E-state index contributed by atoms with van der Waals surface area (Å²) in [6.45, 7) is 5.63. The van der Waals surface area contributed by atoms with Gasteiger partial charge in [-0.1, -0.05) is 29.3 Å². The summed E-state index contributed by atoms with van der Waals surface area (Å²) < 4.78 is 0. The van der Waals surface area contributed by atoms with Crippen molar-refractivity contribution < 1.29 is 4.79 Å². The minimum atomic E-state index is 0.298. The lowest BCUT2D eigenvalue weighted by molar-refractivity contribution is -0.107. The molecule has 0 aliphatic rings. The lowest BCUT2D eigenvalue weighted by Crippen LogP contribution is -2.13. The van der Waals surface area contributed by atoms with Crippen LogP contribution in [0, 0.1) is 13.8 Å². The fourth-order valence-electron chi connectivity index (χ4n) is 1.22. The smallest absolute Gasteiger partial charge is 0.234 e. The molecule has 0 atom stereocenters. The Labute approximate surface area is 117 Å². The average molecular weight is 285 g/mol. The van der Waals surface area contributed by atoms with Crippen molar-refractivity contribution >= 4 is 41.5 Å². The molecule has 0 saturated carbocycles. The predicted octanol–water partition coefficient (Wildman–Crippen LogP) is 3.96. The van der Waals surface area contributed by atoms with Crippen LogP contribution >= 0.6 is 23.2 Å². The maximum atomic E-state index is 11.0. The van der Waals surface area contributed by atoms with Crippen molar-refractivity contribution in [2.75, 3.05) is 5.01 Å². The molecule has 0 aromatic heterocycles. The van der Waals surface area contributed by atoms with Crippen LogP contribution < -0.4 is 5.01 Å². The zero-order valence-electron chi connectivity index (χ0n) is 10.4. The van der Waals surface area contributed by atoms with E-state index in [1.807, 2.05) is 32.0 Å². The maximum absolute atomic E-state index is 11.0. The molecule has 0 spiro atoms. The number of carbonyl (C=O) groups is 1. The number of hydrogen-bond acceptors (Lipinski definition) is 2. The van der Waals surface area contributed by atoms with Gasteiger partial charge in [0.05, 0.1) is 16.9 Å². The highest BCUT2D eigenvalue weighted by molar-refractivity contribution is 6.45. The molecule has 1 aromatic rings. The van der Waals surface area contributed by atoms with Crippen LogP contribution in [0.1, 0.15) is 18.1 Å². The molecule has 0 N–H and O–H groups in total. The van der Waals surface area contributed by atoms with Gasteiger partial charge in [0.15, 0.2) is 0 Å². The molecule has 0 unspecified atom stereocenters. The highest BCUT2D eigenvalue weighted by atomic mass is 35.5. The zero-order chi connectivity index (χ0) is 13.7. The Morgan fingerprint density at radius 2 is 1.94 bits per heavy atom. The van der Waals surface area contributed by atoms with Crippen LogP contribution in [0.4, 0.5) is 5.69 Å². The first-order valence-corrected chi connectivity index (χ1v) is 6.09. The van der Waals surface area contributed by atoms with E-state index in [2.05, 4.69) is 5.10 Å². The number of halogens is 2. The van der Waals surface area contributed by atoms with Crippen molar-refractivity contribution in [3.8, 4) is 0 Å². The number of benzene rings is 1. The first-order valence-electron chi connectivity index (χ1n) is 5.33. The van der Waals surface area contributed by atoms with E-state index in [0.29, 0.717) is 22.2 Å². The zero-order valence-corrected chi connectivity index (χ0v) is 12.0. The predicted molar refractivity (Wildman–Crippen MR) is 77.4 cm³/mol. The van der Waals surface area contributed by atoms with E-state index >= 15 is 0 Å². The molecule has 1 aromatic carbocycles. The number of hydrazone groups is 1. The second-order valence-corrected chi connectivity index (χ2v) is 4.82. The number of amides is 1. The fraction of sp³-hybridized carbons (Fsp3) is 0.231. The lowest BCUT2D eigenvalue weighted by Gasteiger charge is -2.12. The summed E-state index contributed by atoms with van der Waals surface area (Å²) in [5, 5.41) is 5.89. The van der Waals surface area contributed by atoms with Crippen molar-refractivity contribution in [3.05, 3.63) is 39.4 Å². The number of aryl methyl sites for hydroxylation is 2. The van der Waals surface area contributed by atoms with Crippen LogP contribution in [0.5, 0.6) is 0 Å². The minimum Gasteiger partial charge on any atom is -0.276 e. The SMILES string of the molecule is C/C(Cl)=C(Cl)\C=N/N(C=O)c1ccc(C)c(C)c1. The Morgan fingerprint density at radius 3 is 2.44 bits per heavy atom. The summed E-state index contributed by atoms with van der Waals surface area (Å²) in [5.74, 6) is 0.